The summed E-state index contributed by atoms with van der Waals surface area (Å²) in [6.07, 6.45) is -0.433. The predicted molar refractivity (Wildman–Crippen MR) is 83.7 cm³/mol. The molecular formula is C19H17FO. The van der Waals surface area contributed by atoms with Gasteiger partial charge in [0.25, 0.3) is 0 Å². The van der Waals surface area contributed by atoms with E-state index in [0.29, 0.717) is 12.0 Å². The Kier molecular flexibility index (Phi) is 3.72. The van der Waals surface area contributed by atoms with E-state index in [2.05, 4.69) is 0 Å². The summed E-state index contributed by atoms with van der Waals surface area (Å²) in [5.74, 6) is -0.353. The lowest BCUT2D eigenvalue weighted by Crippen LogP contribution is -2.05. The summed E-state index contributed by atoms with van der Waals surface area (Å²) in [5, 5.41) is 12.6. The van der Waals surface area contributed by atoms with E-state index in [9.17, 15) is 9.50 Å². The van der Waals surface area contributed by atoms with Gasteiger partial charge in [0.2, 0.25) is 0 Å². The molecule has 21 heavy (non-hydrogen) atoms. The summed E-state index contributed by atoms with van der Waals surface area (Å²) in [4.78, 5) is 0. The SMILES string of the molecule is Cc1ccc(F)c(C(O)Cc2cccc3ccccc23)c1. The fraction of sp³-hybridized carbons (Fsp3) is 0.158. The fourth-order valence-corrected chi connectivity index (χ4v) is 2.71. The zero-order valence-corrected chi connectivity index (χ0v) is 11.9. The summed E-state index contributed by atoms with van der Waals surface area (Å²) in [7, 11) is 0. The number of hydrogen-bond donors (Lipinski definition) is 1. The van der Waals surface area contributed by atoms with Crippen LogP contribution in [0.25, 0.3) is 10.8 Å². The molecule has 106 valence electrons. The number of halogens is 1. The van der Waals surface area contributed by atoms with E-state index in [1.54, 1.807) is 12.1 Å². The van der Waals surface area contributed by atoms with Gasteiger partial charge < -0.3 is 5.11 Å². The summed E-state index contributed by atoms with van der Waals surface area (Å²) < 4.78 is 13.9. The van der Waals surface area contributed by atoms with Crippen LogP contribution in [-0.2, 0) is 6.42 Å². The highest BCUT2D eigenvalue weighted by molar-refractivity contribution is 5.85. The maximum atomic E-state index is 13.9. The first kappa shape index (κ1) is 13.8. The number of rotatable bonds is 3. The molecule has 2 heteroatoms. The van der Waals surface area contributed by atoms with E-state index in [1.807, 2.05) is 49.4 Å². The topological polar surface area (TPSA) is 20.2 Å². The fourth-order valence-electron chi connectivity index (χ4n) is 2.71. The molecule has 3 aromatic rings. The van der Waals surface area contributed by atoms with Gasteiger partial charge in [0.15, 0.2) is 0 Å². The van der Waals surface area contributed by atoms with Gasteiger partial charge in [-0.05, 0) is 29.3 Å². The maximum absolute atomic E-state index is 13.9. The van der Waals surface area contributed by atoms with Crippen molar-refractivity contribution in [2.75, 3.05) is 0 Å². The van der Waals surface area contributed by atoms with E-state index < -0.39 is 6.10 Å². The zero-order valence-electron chi connectivity index (χ0n) is 11.9. The van der Waals surface area contributed by atoms with Crippen molar-refractivity contribution in [3.63, 3.8) is 0 Å². The Balaban J connectivity index is 1.96. The second kappa shape index (κ2) is 5.66. The third-order valence-electron chi connectivity index (χ3n) is 3.80. The van der Waals surface area contributed by atoms with Gasteiger partial charge in [-0.3, -0.25) is 0 Å². The minimum Gasteiger partial charge on any atom is -0.388 e. The van der Waals surface area contributed by atoms with Crippen LogP contribution < -0.4 is 0 Å². The lowest BCUT2D eigenvalue weighted by atomic mass is 9.96. The summed E-state index contributed by atoms with van der Waals surface area (Å²) in [6, 6.07) is 18.9. The highest BCUT2D eigenvalue weighted by Gasteiger charge is 2.14. The largest absolute Gasteiger partial charge is 0.388 e. The minimum absolute atomic E-state index is 0.353. The highest BCUT2D eigenvalue weighted by Crippen LogP contribution is 2.26. The Labute approximate surface area is 123 Å². The van der Waals surface area contributed by atoms with Crippen molar-refractivity contribution >= 4 is 10.8 Å². The number of hydrogen-bond acceptors (Lipinski definition) is 1. The Morgan fingerprint density at radius 1 is 1.00 bits per heavy atom. The molecule has 0 aromatic heterocycles. The second-order valence-corrected chi connectivity index (χ2v) is 5.38. The molecule has 0 radical (unpaired) electrons. The maximum Gasteiger partial charge on any atom is 0.129 e. The van der Waals surface area contributed by atoms with Gasteiger partial charge in [0, 0.05) is 12.0 Å². The molecule has 0 heterocycles. The van der Waals surface area contributed by atoms with Gasteiger partial charge >= 0.3 is 0 Å². The number of aliphatic hydroxyl groups is 1. The van der Waals surface area contributed by atoms with Crippen LogP contribution in [0.5, 0.6) is 0 Å². The molecule has 0 aliphatic carbocycles. The molecule has 0 saturated heterocycles. The summed E-state index contributed by atoms with van der Waals surface area (Å²) >= 11 is 0. The van der Waals surface area contributed by atoms with E-state index in [0.717, 1.165) is 21.9 Å². The molecule has 3 rings (SSSR count). The molecular weight excluding hydrogens is 263 g/mol. The molecule has 0 spiro atoms. The first-order valence-corrected chi connectivity index (χ1v) is 7.06. The molecule has 1 nitrogen and oxygen atoms in total. The number of aliphatic hydroxyl groups excluding tert-OH is 1. The van der Waals surface area contributed by atoms with E-state index in [-0.39, 0.29) is 5.82 Å². The third-order valence-corrected chi connectivity index (χ3v) is 3.80. The van der Waals surface area contributed by atoms with Crippen LogP contribution in [0.15, 0.2) is 60.7 Å². The van der Waals surface area contributed by atoms with Gasteiger partial charge in [-0.15, -0.1) is 0 Å². The quantitative estimate of drug-likeness (QED) is 0.745. The molecule has 0 aliphatic heterocycles. The van der Waals surface area contributed by atoms with Gasteiger partial charge in [-0.2, -0.15) is 0 Å². The summed E-state index contributed by atoms with van der Waals surface area (Å²) in [6.45, 7) is 1.90. The zero-order chi connectivity index (χ0) is 14.8. The van der Waals surface area contributed by atoms with Crippen molar-refractivity contribution in [3.8, 4) is 0 Å². The van der Waals surface area contributed by atoms with Crippen molar-refractivity contribution < 1.29 is 9.50 Å². The monoisotopic (exact) mass is 280 g/mol. The lowest BCUT2D eigenvalue weighted by Gasteiger charge is -2.14. The van der Waals surface area contributed by atoms with Gasteiger partial charge in [-0.25, -0.2) is 4.39 Å². The molecule has 0 saturated carbocycles. The molecule has 1 atom stereocenters. The molecule has 0 bridgehead atoms. The molecule has 0 fully saturated rings. The summed E-state index contributed by atoms with van der Waals surface area (Å²) in [5.41, 5.74) is 2.34. The normalized spacial score (nSPS) is 12.5. The Morgan fingerprint density at radius 3 is 2.62 bits per heavy atom. The average molecular weight is 280 g/mol. The van der Waals surface area contributed by atoms with Crippen LogP contribution in [0.3, 0.4) is 0 Å². The van der Waals surface area contributed by atoms with E-state index >= 15 is 0 Å². The lowest BCUT2D eigenvalue weighted by molar-refractivity contribution is 0.174. The van der Waals surface area contributed by atoms with Gasteiger partial charge in [-0.1, -0.05) is 60.2 Å². The molecule has 0 amide bonds. The highest BCUT2D eigenvalue weighted by atomic mass is 19.1. The van der Waals surface area contributed by atoms with Gasteiger partial charge in [0.05, 0.1) is 6.10 Å². The molecule has 0 aliphatic rings. The Hall–Kier alpha value is -2.19. The van der Waals surface area contributed by atoms with Crippen LogP contribution in [0.1, 0.15) is 22.8 Å². The predicted octanol–water partition coefficient (Wildman–Crippen LogP) is 4.56. The minimum atomic E-state index is -0.837. The standard InChI is InChI=1S/C19H17FO/c1-13-9-10-18(20)17(11-13)19(21)12-15-7-4-6-14-5-2-3-8-16(14)15/h2-11,19,21H,12H2,1H3. The average Bonchev–Trinajstić information content (AvgIpc) is 2.50. The number of benzene rings is 3. The molecule has 3 aromatic carbocycles. The second-order valence-electron chi connectivity index (χ2n) is 5.38. The van der Waals surface area contributed by atoms with Crippen molar-refractivity contribution in [3.05, 3.63) is 83.2 Å². The number of aryl methyl sites for hydroxylation is 1. The molecule has 1 N–H and O–H groups in total. The van der Waals surface area contributed by atoms with Crippen LogP contribution >= 0.6 is 0 Å². The smallest absolute Gasteiger partial charge is 0.129 e. The molecule has 1 unspecified atom stereocenters. The Morgan fingerprint density at radius 2 is 1.76 bits per heavy atom. The van der Waals surface area contributed by atoms with Crippen LogP contribution in [0.2, 0.25) is 0 Å². The van der Waals surface area contributed by atoms with Crippen LogP contribution in [0.4, 0.5) is 4.39 Å². The first-order valence-electron chi connectivity index (χ1n) is 7.06. The third kappa shape index (κ3) is 2.81. The van der Waals surface area contributed by atoms with Gasteiger partial charge in [0.1, 0.15) is 5.82 Å². The van der Waals surface area contributed by atoms with Crippen molar-refractivity contribution in [1.82, 2.24) is 0 Å². The van der Waals surface area contributed by atoms with Crippen LogP contribution in [0, 0.1) is 12.7 Å². The Bertz CT molecular complexity index is 774. The first-order chi connectivity index (χ1) is 10.1. The number of fused-ring (bicyclic) bond motifs is 1. The van der Waals surface area contributed by atoms with Crippen molar-refractivity contribution in [1.29, 1.82) is 0 Å². The van der Waals surface area contributed by atoms with E-state index in [1.165, 1.54) is 6.07 Å². The van der Waals surface area contributed by atoms with Crippen LogP contribution in [-0.4, -0.2) is 5.11 Å². The van der Waals surface area contributed by atoms with Crippen molar-refractivity contribution in [2.24, 2.45) is 0 Å². The van der Waals surface area contributed by atoms with E-state index in [4.69, 9.17) is 0 Å². The van der Waals surface area contributed by atoms with Crippen molar-refractivity contribution in [2.45, 2.75) is 19.4 Å².